The number of halogens is 2. The molecule has 3 nitrogen and oxygen atoms in total. The number of hydrogen-bond acceptors (Lipinski definition) is 3. The zero-order chi connectivity index (χ0) is 14.3. The van der Waals surface area contributed by atoms with E-state index in [0.717, 1.165) is 6.07 Å². The van der Waals surface area contributed by atoms with Gasteiger partial charge < -0.3 is 4.74 Å². The highest BCUT2D eigenvalue weighted by molar-refractivity contribution is 5.89. The van der Waals surface area contributed by atoms with Gasteiger partial charge in [0, 0.05) is 24.9 Å². The molecule has 20 heavy (non-hydrogen) atoms. The summed E-state index contributed by atoms with van der Waals surface area (Å²) in [7, 11) is 1.92. The molecule has 0 spiro atoms. The van der Waals surface area contributed by atoms with Crippen LogP contribution in [0.15, 0.2) is 36.4 Å². The van der Waals surface area contributed by atoms with Gasteiger partial charge in [-0.2, -0.15) is 4.39 Å². The number of piperidine rings is 1. The molecular formula is C15H15F2NO2. The molecule has 2 unspecified atom stereocenters. The summed E-state index contributed by atoms with van der Waals surface area (Å²) in [5.41, 5.74) is 0.0289. The van der Waals surface area contributed by atoms with Crippen molar-refractivity contribution < 1.29 is 18.3 Å². The van der Waals surface area contributed by atoms with Crippen molar-refractivity contribution in [2.45, 2.75) is 30.8 Å². The second-order valence-corrected chi connectivity index (χ2v) is 5.38. The van der Waals surface area contributed by atoms with Crippen LogP contribution in [0.2, 0.25) is 0 Å². The molecule has 2 atom stereocenters. The standard InChI is InChI=1S/C15H15F2NO2/c1-18-12-5-6-13(18)9-15(17,8-12)20-14(19)10-3-2-4-11(16)7-10/h2-7,12-13H,8-9H2,1H3. The van der Waals surface area contributed by atoms with Crippen molar-refractivity contribution in [2.75, 3.05) is 7.05 Å². The smallest absolute Gasteiger partial charge is 0.340 e. The van der Waals surface area contributed by atoms with E-state index in [9.17, 15) is 13.6 Å². The highest BCUT2D eigenvalue weighted by Crippen LogP contribution is 2.39. The summed E-state index contributed by atoms with van der Waals surface area (Å²) in [6.07, 6.45) is 4.08. The number of rotatable bonds is 2. The first-order valence-electron chi connectivity index (χ1n) is 6.55. The number of alkyl halides is 1. The fourth-order valence-electron chi connectivity index (χ4n) is 2.83. The Bertz CT molecular complexity index is 557. The summed E-state index contributed by atoms with van der Waals surface area (Å²) in [6.45, 7) is 0. The topological polar surface area (TPSA) is 29.5 Å². The molecule has 2 aliphatic rings. The number of esters is 1. The van der Waals surface area contributed by atoms with Crippen LogP contribution in [-0.4, -0.2) is 35.9 Å². The van der Waals surface area contributed by atoms with E-state index in [4.69, 9.17) is 4.74 Å². The average Bonchev–Trinajstić information content (AvgIpc) is 2.62. The van der Waals surface area contributed by atoms with Gasteiger partial charge in [-0.05, 0) is 25.2 Å². The van der Waals surface area contributed by atoms with E-state index < -0.39 is 17.6 Å². The van der Waals surface area contributed by atoms with Crippen molar-refractivity contribution in [3.63, 3.8) is 0 Å². The fraction of sp³-hybridized carbons (Fsp3) is 0.400. The van der Waals surface area contributed by atoms with Crippen LogP contribution in [0.25, 0.3) is 0 Å². The third-order valence-electron chi connectivity index (χ3n) is 3.97. The molecule has 1 fully saturated rings. The Balaban J connectivity index is 1.73. The SMILES string of the molecule is CN1C2C=CC1CC(F)(OC(=O)c1cccc(F)c1)C2. The van der Waals surface area contributed by atoms with Crippen LogP contribution in [0.4, 0.5) is 8.78 Å². The quantitative estimate of drug-likeness (QED) is 0.616. The van der Waals surface area contributed by atoms with Gasteiger partial charge in [-0.15, -0.1) is 0 Å². The van der Waals surface area contributed by atoms with E-state index in [0.29, 0.717) is 0 Å². The van der Waals surface area contributed by atoms with Gasteiger partial charge in [0.1, 0.15) is 5.82 Å². The molecule has 1 saturated heterocycles. The zero-order valence-electron chi connectivity index (χ0n) is 11.1. The van der Waals surface area contributed by atoms with E-state index in [1.807, 2.05) is 24.1 Å². The van der Waals surface area contributed by atoms with E-state index in [1.54, 1.807) is 0 Å². The Morgan fingerprint density at radius 3 is 2.60 bits per heavy atom. The first-order valence-corrected chi connectivity index (χ1v) is 6.55. The number of ether oxygens (including phenoxy) is 1. The molecule has 106 valence electrons. The minimum atomic E-state index is -1.99. The van der Waals surface area contributed by atoms with Crippen LogP contribution in [0.3, 0.4) is 0 Å². The van der Waals surface area contributed by atoms with Gasteiger partial charge in [0.25, 0.3) is 5.85 Å². The Morgan fingerprint density at radius 2 is 2.00 bits per heavy atom. The maximum Gasteiger partial charge on any atom is 0.340 e. The number of benzene rings is 1. The average molecular weight is 279 g/mol. The summed E-state index contributed by atoms with van der Waals surface area (Å²) >= 11 is 0. The lowest BCUT2D eigenvalue weighted by Gasteiger charge is -2.39. The second-order valence-electron chi connectivity index (χ2n) is 5.38. The minimum Gasteiger partial charge on any atom is -0.425 e. The molecular weight excluding hydrogens is 264 g/mol. The van der Waals surface area contributed by atoms with Gasteiger partial charge in [0.2, 0.25) is 0 Å². The molecule has 5 heteroatoms. The van der Waals surface area contributed by atoms with Gasteiger partial charge in [0.15, 0.2) is 0 Å². The minimum absolute atomic E-state index is 0.0289. The third kappa shape index (κ3) is 2.33. The Labute approximate surface area is 115 Å². The Morgan fingerprint density at radius 1 is 1.35 bits per heavy atom. The predicted octanol–water partition coefficient (Wildman–Crippen LogP) is 2.68. The van der Waals surface area contributed by atoms with Crippen molar-refractivity contribution >= 4 is 5.97 Å². The molecule has 1 aromatic rings. The molecule has 2 bridgehead atoms. The van der Waals surface area contributed by atoms with Gasteiger partial charge in [0.05, 0.1) is 5.56 Å². The van der Waals surface area contributed by atoms with Crippen molar-refractivity contribution in [3.8, 4) is 0 Å². The van der Waals surface area contributed by atoms with E-state index in [-0.39, 0.29) is 30.5 Å². The lowest BCUT2D eigenvalue weighted by molar-refractivity contribution is -0.146. The molecule has 3 rings (SSSR count). The molecule has 0 amide bonds. The summed E-state index contributed by atoms with van der Waals surface area (Å²) in [6, 6.07) is 4.97. The largest absolute Gasteiger partial charge is 0.425 e. The van der Waals surface area contributed by atoms with Crippen LogP contribution in [0, 0.1) is 5.82 Å². The number of fused-ring (bicyclic) bond motifs is 2. The van der Waals surface area contributed by atoms with Gasteiger partial charge in [-0.1, -0.05) is 18.2 Å². The Kier molecular flexibility index (Phi) is 3.09. The molecule has 0 radical (unpaired) electrons. The molecule has 0 aromatic heterocycles. The maximum absolute atomic E-state index is 14.7. The molecule has 1 aromatic carbocycles. The van der Waals surface area contributed by atoms with Crippen LogP contribution < -0.4 is 0 Å². The van der Waals surface area contributed by atoms with E-state index >= 15 is 0 Å². The summed E-state index contributed by atoms with van der Waals surface area (Å²) in [4.78, 5) is 14.0. The highest BCUT2D eigenvalue weighted by Gasteiger charge is 2.47. The summed E-state index contributed by atoms with van der Waals surface area (Å²) in [5.74, 6) is -3.36. The van der Waals surface area contributed by atoms with Crippen LogP contribution in [-0.2, 0) is 4.74 Å². The Hall–Kier alpha value is -1.75. The molecule has 2 heterocycles. The lowest BCUT2D eigenvalue weighted by atomic mass is 9.97. The number of hydrogen-bond donors (Lipinski definition) is 0. The van der Waals surface area contributed by atoms with Crippen molar-refractivity contribution in [1.82, 2.24) is 4.90 Å². The fourth-order valence-corrected chi connectivity index (χ4v) is 2.83. The maximum atomic E-state index is 14.7. The monoisotopic (exact) mass is 279 g/mol. The van der Waals surface area contributed by atoms with Crippen molar-refractivity contribution in [3.05, 3.63) is 47.8 Å². The van der Waals surface area contributed by atoms with Crippen molar-refractivity contribution in [1.29, 1.82) is 0 Å². The molecule has 0 aliphatic carbocycles. The van der Waals surface area contributed by atoms with Crippen LogP contribution in [0.5, 0.6) is 0 Å². The second kappa shape index (κ2) is 4.66. The van der Waals surface area contributed by atoms with Crippen LogP contribution >= 0.6 is 0 Å². The third-order valence-corrected chi connectivity index (χ3v) is 3.97. The summed E-state index contributed by atoms with van der Waals surface area (Å²) in [5, 5.41) is 0. The number of likely N-dealkylation sites (N-methyl/N-ethyl adjacent to an activating group) is 1. The first kappa shape index (κ1) is 13.2. The first-order chi connectivity index (χ1) is 9.47. The molecule has 0 N–H and O–H groups in total. The van der Waals surface area contributed by atoms with Gasteiger partial charge in [-0.25, -0.2) is 9.18 Å². The number of carbonyl (C=O) groups excluding carboxylic acids is 1. The number of carbonyl (C=O) groups is 1. The highest BCUT2D eigenvalue weighted by atomic mass is 19.2. The number of nitrogens with zero attached hydrogens (tertiary/aromatic N) is 1. The zero-order valence-corrected chi connectivity index (χ0v) is 11.1. The van der Waals surface area contributed by atoms with Crippen LogP contribution in [0.1, 0.15) is 23.2 Å². The van der Waals surface area contributed by atoms with Crippen molar-refractivity contribution in [2.24, 2.45) is 0 Å². The van der Waals surface area contributed by atoms with Gasteiger partial charge >= 0.3 is 5.97 Å². The van der Waals surface area contributed by atoms with E-state index in [2.05, 4.69) is 0 Å². The molecule has 0 saturated carbocycles. The summed E-state index contributed by atoms with van der Waals surface area (Å²) < 4.78 is 32.8. The van der Waals surface area contributed by atoms with Gasteiger partial charge in [-0.3, -0.25) is 4.90 Å². The predicted molar refractivity (Wildman–Crippen MR) is 69.4 cm³/mol. The lowest BCUT2D eigenvalue weighted by Crippen LogP contribution is -2.49. The normalized spacial score (nSPS) is 32.4. The van der Waals surface area contributed by atoms with E-state index in [1.165, 1.54) is 18.2 Å². The molecule has 2 aliphatic heterocycles.